The van der Waals surface area contributed by atoms with Crippen molar-refractivity contribution < 1.29 is 4.79 Å². The van der Waals surface area contributed by atoms with E-state index in [1.165, 1.54) is 30.4 Å². The highest BCUT2D eigenvalue weighted by Crippen LogP contribution is 2.40. The summed E-state index contributed by atoms with van der Waals surface area (Å²) in [4.78, 5) is 20.3. The molecule has 6 heteroatoms. The molecule has 0 atom stereocenters. The van der Waals surface area contributed by atoms with Crippen molar-refractivity contribution in [2.24, 2.45) is 0 Å². The van der Waals surface area contributed by atoms with Crippen molar-refractivity contribution in [1.82, 2.24) is 9.97 Å². The summed E-state index contributed by atoms with van der Waals surface area (Å²) in [6.07, 6.45) is 3.92. The molecule has 1 aliphatic rings. The molecule has 2 heterocycles. The summed E-state index contributed by atoms with van der Waals surface area (Å²) in [6, 6.07) is 3.19. The normalized spacial score (nSPS) is 14.4. The molecule has 5 nitrogen and oxygen atoms in total. The topological polar surface area (TPSA) is 80.9 Å². The van der Waals surface area contributed by atoms with E-state index in [0.29, 0.717) is 22.4 Å². The molecule has 1 fully saturated rings. The maximum atomic E-state index is 11.9. The summed E-state index contributed by atoms with van der Waals surface area (Å²) >= 11 is 1.44. The zero-order valence-electron chi connectivity index (χ0n) is 9.59. The van der Waals surface area contributed by atoms with Crippen molar-refractivity contribution in [3.8, 4) is 0 Å². The van der Waals surface area contributed by atoms with Crippen molar-refractivity contribution in [3.63, 3.8) is 0 Å². The summed E-state index contributed by atoms with van der Waals surface area (Å²) < 4.78 is 0. The maximum Gasteiger partial charge on any atom is 0.276 e. The Bertz CT molecular complexity index is 591. The highest BCUT2D eigenvalue weighted by molar-refractivity contribution is 7.14. The van der Waals surface area contributed by atoms with Crippen LogP contribution in [0.15, 0.2) is 23.7 Å². The lowest BCUT2D eigenvalue weighted by Crippen LogP contribution is -2.13. The number of hydrogen-bond acceptors (Lipinski definition) is 5. The Balaban J connectivity index is 1.73. The van der Waals surface area contributed by atoms with Gasteiger partial charge in [-0.1, -0.05) is 0 Å². The fourth-order valence-electron chi connectivity index (χ4n) is 1.64. The van der Waals surface area contributed by atoms with Gasteiger partial charge in [0.05, 0.1) is 5.69 Å². The number of amides is 1. The molecule has 0 radical (unpaired) electrons. The number of nitrogens with two attached hydrogens (primary N) is 1. The van der Waals surface area contributed by atoms with E-state index in [0.717, 1.165) is 5.69 Å². The Morgan fingerprint density at radius 2 is 2.33 bits per heavy atom. The lowest BCUT2D eigenvalue weighted by molar-refractivity contribution is 0.102. The lowest BCUT2D eigenvalue weighted by Gasteiger charge is -2.01. The molecule has 0 unspecified atom stereocenters. The molecule has 0 aromatic carbocycles. The molecular formula is C12H12N4OS. The van der Waals surface area contributed by atoms with E-state index in [4.69, 9.17) is 5.73 Å². The van der Waals surface area contributed by atoms with Crippen molar-refractivity contribution in [2.75, 3.05) is 11.1 Å². The number of hydrogen-bond donors (Lipinski definition) is 2. The Morgan fingerprint density at radius 3 is 3.06 bits per heavy atom. The minimum atomic E-state index is -0.279. The van der Waals surface area contributed by atoms with Gasteiger partial charge in [-0.2, -0.15) is 0 Å². The largest absolute Gasteiger partial charge is 0.399 e. The van der Waals surface area contributed by atoms with Crippen molar-refractivity contribution in [3.05, 3.63) is 35.1 Å². The second-order valence-corrected chi connectivity index (χ2v) is 5.14. The van der Waals surface area contributed by atoms with E-state index in [9.17, 15) is 4.79 Å². The van der Waals surface area contributed by atoms with Crippen molar-refractivity contribution in [2.45, 2.75) is 18.8 Å². The van der Waals surface area contributed by atoms with Crippen molar-refractivity contribution in [1.29, 1.82) is 0 Å². The number of carbonyl (C=O) groups excluding carboxylic acids is 1. The Hall–Kier alpha value is -1.95. The molecule has 0 saturated heterocycles. The average molecular weight is 260 g/mol. The number of rotatable bonds is 3. The van der Waals surface area contributed by atoms with E-state index in [-0.39, 0.29) is 5.91 Å². The van der Waals surface area contributed by atoms with Gasteiger partial charge in [-0.15, -0.1) is 11.3 Å². The van der Waals surface area contributed by atoms with Crippen LogP contribution in [0.3, 0.4) is 0 Å². The molecule has 0 spiro atoms. The number of aromatic nitrogens is 2. The van der Waals surface area contributed by atoms with Crippen LogP contribution >= 0.6 is 11.3 Å². The van der Waals surface area contributed by atoms with Crippen LogP contribution in [0, 0.1) is 0 Å². The molecule has 18 heavy (non-hydrogen) atoms. The highest BCUT2D eigenvalue weighted by atomic mass is 32.1. The standard InChI is InChI=1S/C12H12N4OS/c13-8-3-4-14-9(5-8)11(17)16-12-15-10(6-18-12)7-1-2-7/h3-7H,1-2H2,(H2,13,14)(H,15,16,17). The third kappa shape index (κ3) is 2.33. The minimum absolute atomic E-state index is 0.279. The minimum Gasteiger partial charge on any atom is -0.399 e. The zero-order chi connectivity index (χ0) is 12.5. The van der Waals surface area contributed by atoms with Crippen LogP contribution in [0.1, 0.15) is 34.9 Å². The van der Waals surface area contributed by atoms with Gasteiger partial charge in [0.2, 0.25) is 0 Å². The van der Waals surface area contributed by atoms with Gasteiger partial charge in [-0.3, -0.25) is 15.1 Å². The number of nitrogen functional groups attached to an aromatic ring is 1. The van der Waals surface area contributed by atoms with Crippen LogP contribution in [0.25, 0.3) is 0 Å². The third-order valence-corrected chi connectivity index (χ3v) is 3.53. The first kappa shape index (κ1) is 11.2. The van der Waals surface area contributed by atoms with Crippen LogP contribution in [-0.4, -0.2) is 15.9 Å². The van der Waals surface area contributed by atoms with Gasteiger partial charge < -0.3 is 5.73 Å². The predicted molar refractivity (Wildman–Crippen MR) is 70.7 cm³/mol. The van der Waals surface area contributed by atoms with Crippen LogP contribution in [0.5, 0.6) is 0 Å². The van der Waals surface area contributed by atoms with Gasteiger partial charge in [-0.25, -0.2) is 4.98 Å². The molecule has 1 aliphatic carbocycles. The second-order valence-electron chi connectivity index (χ2n) is 4.28. The van der Waals surface area contributed by atoms with E-state index in [1.54, 1.807) is 12.1 Å². The summed E-state index contributed by atoms with van der Waals surface area (Å²) in [7, 11) is 0. The first-order chi connectivity index (χ1) is 8.72. The SMILES string of the molecule is Nc1ccnc(C(=O)Nc2nc(C3CC3)cs2)c1. The maximum absolute atomic E-state index is 11.9. The van der Waals surface area contributed by atoms with Crippen LogP contribution in [0.4, 0.5) is 10.8 Å². The summed E-state index contributed by atoms with van der Waals surface area (Å²) in [5, 5.41) is 5.36. The van der Waals surface area contributed by atoms with E-state index < -0.39 is 0 Å². The van der Waals surface area contributed by atoms with Gasteiger partial charge >= 0.3 is 0 Å². The first-order valence-electron chi connectivity index (χ1n) is 5.70. The van der Waals surface area contributed by atoms with Crippen LogP contribution in [0.2, 0.25) is 0 Å². The Morgan fingerprint density at radius 1 is 1.50 bits per heavy atom. The van der Waals surface area contributed by atoms with E-state index in [1.807, 2.05) is 5.38 Å². The molecule has 1 amide bonds. The predicted octanol–water partition coefficient (Wildman–Crippen LogP) is 2.25. The summed E-state index contributed by atoms with van der Waals surface area (Å²) in [5.41, 5.74) is 7.51. The first-order valence-corrected chi connectivity index (χ1v) is 6.58. The quantitative estimate of drug-likeness (QED) is 0.886. The fraction of sp³-hybridized carbons (Fsp3) is 0.250. The van der Waals surface area contributed by atoms with E-state index >= 15 is 0 Å². The second kappa shape index (κ2) is 4.38. The average Bonchev–Trinajstić information content (AvgIpc) is 3.11. The summed E-state index contributed by atoms with van der Waals surface area (Å²) in [5.74, 6) is 0.316. The lowest BCUT2D eigenvalue weighted by atomic mass is 10.3. The highest BCUT2D eigenvalue weighted by Gasteiger charge is 2.26. The van der Waals surface area contributed by atoms with Crippen LogP contribution in [-0.2, 0) is 0 Å². The molecular weight excluding hydrogens is 248 g/mol. The fourth-order valence-corrected chi connectivity index (χ4v) is 2.43. The number of carbonyl (C=O) groups is 1. The van der Waals surface area contributed by atoms with Gasteiger partial charge in [-0.05, 0) is 25.0 Å². The van der Waals surface area contributed by atoms with Gasteiger partial charge in [0.15, 0.2) is 5.13 Å². The molecule has 92 valence electrons. The Kier molecular flexibility index (Phi) is 2.71. The molecule has 0 bridgehead atoms. The molecule has 2 aromatic rings. The monoisotopic (exact) mass is 260 g/mol. The smallest absolute Gasteiger partial charge is 0.276 e. The van der Waals surface area contributed by atoms with Gasteiger partial charge in [0.25, 0.3) is 5.91 Å². The number of anilines is 2. The Labute approximate surface area is 108 Å². The number of thiazole rings is 1. The number of nitrogens with one attached hydrogen (secondary N) is 1. The van der Waals surface area contributed by atoms with Gasteiger partial charge in [0, 0.05) is 23.2 Å². The molecule has 3 N–H and O–H groups in total. The van der Waals surface area contributed by atoms with Gasteiger partial charge in [0.1, 0.15) is 5.69 Å². The third-order valence-electron chi connectivity index (χ3n) is 2.75. The molecule has 0 aliphatic heterocycles. The number of nitrogens with zero attached hydrogens (tertiary/aromatic N) is 2. The molecule has 1 saturated carbocycles. The van der Waals surface area contributed by atoms with Crippen molar-refractivity contribution >= 4 is 28.1 Å². The molecule has 3 rings (SSSR count). The summed E-state index contributed by atoms with van der Waals surface area (Å²) in [6.45, 7) is 0. The zero-order valence-corrected chi connectivity index (χ0v) is 10.4. The molecule has 2 aromatic heterocycles. The van der Waals surface area contributed by atoms with Crippen LogP contribution < -0.4 is 11.1 Å². The number of pyridine rings is 1. The van der Waals surface area contributed by atoms with E-state index in [2.05, 4.69) is 15.3 Å².